The fraction of sp³-hybridized carbons (Fsp3) is 0.933. The van der Waals surface area contributed by atoms with Gasteiger partial charge in [0.05, 0.1) is 0 Å². The number of nitrogens with zero attached hydrogens (tertiary/aromatic N) is 2. The van der Waals surface area contributed by atoms with Crippen LogP contribution in [0.4, 0.5) is 4.79 Å². The van der Waals surface area contributed by atoms with E-state index in [2.05, 4.69) is 10.2 Å². The molecule has 1 atom stereocenters. The topological polar surface area (TPSA) is 44.8 Å². The number of ether oxygens (including phenoxy) is 1. The van der Waals surface area contributed by atoms with Crippen molar-refractivity contribution in [3.05, 3.63) is 0 Å². The Hall–Kier alpha value is -0.810. The summed E-state index contributed by atoms with van der Waals surface area (Å²) in [5.74, 6) is 0.775. The zero-order valence-corrected chi connectivity index (χ0v) is 13.2. The van der Waals surface area contributed by atoms with Crippen LogP contribution in [0.15, 0.2) is 0 Å². The number of nitrogens with one attached hydrogen (secondary N) is 1. The minimum atomic E-state index is -0.401. The number of piperazine rings is 1. The minimum absolute atomic E-state index is 0.170. The van der Waals surface area contributed by atoms with Gasteiger partial charge in [0.25, 0.3) is 0 Å². The van der Waals surface area contributed by atoms with Crippen molar-refractivity contribution in [2.75, 3.05) is 45.8 Å². The van der Waals surface area contributed by atoms with Gasteiger partial charge in [-0.05, 0) is 52.6 Å². The van der Waals surface area contributed by atoms with Crippen molar-refractivity contribution in [2.24, 2.45) is 5.92 Å². The Morgan fingerprint density at radius 1 is 1.25 bits per heavy atom. The Kier molecular flexibility index (Phi) is 5.27. The zero-order valence-electron chi connectivity index (χ0n) is 13.2. The molecule has 1 N–H and O–H groups in total. The van der Waals surface area contributed by atoms with E-state index in [1.807, 2.05) is 25.7 Å². The molecule has 2 rings (SSSR count). The zero-order chi connectivity index (χ0) is 14.6. The summed E-state index contributed by atoms with van der Waals surface area (Å²) < 4.78 is 5.42. The summed E-state index contributed by atoms with van der Waals surface area (Å²) in [5.41, 5.74) is -0.401. The second-order valence-corrected chi connectivity index (χ2v) is 6.98. The van der Waals surface area contributed by atoms with Gasteiger partial charge in [-0.1, -0.05) is 0 Å². The van der Waals surface area contributed by atoms with Crippen LogP contribution in [0.2, 0.25) is 0 Å². The largest absolute Gasteiger partial charge is 0.444 e. The first kappa shape index (κ1) is 15.6. The lowest BCUT2D eigenvalue weighted by atomic mass is 9.99. The van der Waals surface area contributed by atoms with Gasteiger partial charge in [0.2, 0.25) is 0 Å². The van der Waals surface area contributed by atoms with E-state index >= 15 is 0 Å². The molecule has 5 nitrogen and oxygen atoms in total. The highest BCUT2D eigenvalue weighted by molar-refractivity contribution is 5.68. The normalized spacial score (nSPS) is 25.6. The molecule has 0 aliphatic carbocycles. The molecular weight excluding hydrogens is 254 g/mol. The molecule has 0 spiro atoms. The Bertz CT molecular complexity index is 314. The third-order valence-electron chi connectivity index (χ3n) is 3.94. The van der Waals surface area contributed by atoms with Gasteiger partial charge in [-0.25, -0.2) is 4.79 Å². The fourth-order valence-corrected chi connectivity index (χ4v) is 2.88. The molecule has 20 heavy (non-hydrogen) atoms. The summed E-state index contributed by atoms with van der Waals surface area (Å²) in [6, 6.07) is 0. The molecule has 0 aromatic rings. The van der Waals surface area contributed by atoms with Crippen molar-refractivity contribution in [3.8, 4) is 0 Å². The summed E-state index contributed by atoms with van der Waals surface area (Å²) in [6.45, 7) is 12.7. The van der Waals surface area contributed by atoms with Crippen LogP contribution in [0.5, 0.6) is 0 Å². The van der Waals surface area contributed by atoms with Crippen LogP contribution >= 0.6 is 0 Å². The van der Waals surface area contributed by atoms with E-state index in [4.69, 9.17) is 4.74 Å². The van der Waals surface area contributed by atoms with E-state index in [1.54, 1.807) is 0 Å². The quantitative estimate of drug-likeness (QED) is 0.835. The first-order valence-electron chi connectivity index (χ1n) is 7.85. The average Bonchev–Trinajstić information content (AvgIpc) is 2.39. The van der Waals surface area contributed by atoms with Crippen LogP contribution in [-0.2, 0) is 4.74 Å². The van der Waals surface area contributed by atoms with Crippen LogP contribution in [0.3, 0.4) is 0 Å². The highest BCUT2D eigenvalue weighted by atomic mass is 16.6. The number of piperidine rings is 1. The van der Waals surface area contributed by atoms with E-state index in [0.717, 1.165) is 45.2 Å². The van der Waals surface area contributed by atoms with Gasteiger partial charge in [0, 0.05) is 32.7 Å². The number of hydrogen-bond acceptors (Lipinski definition) is 4. The molecule has 2 saturated heterocycles. The van der Waals surface area contributed by atoms with Crippen LogP contribution in [0, 0.1) is 5.92 Å². The molecular formula is C15H29N3O2. The lowest BCUT2D eigenvalue weighted by molar-refractivity contribution is 0.0130. The maximum absolute atomic E-state index is 12.0. The number of carbonyl (C=O) groups is 1. The average molecular weight is 283 g/mol. The first-order chi connectivity index (χ1) is 9.44. The number of hydrogen-bond donors (Lipinski definition) is 1. The molecule has 0 aromatic carbocycles. The van der Waals surface area contributed by atoms with E-state index in [-0.39, 0.29) is 6.09 Å². The molecule has 2 fully saturated rings. The molecule has 2 aliphatic rings. The van der Waals surface area contributed by atoms with Gasteiger partial charge in [-0.2, -0.15) is 0 Å². The summed E-state index contributed by atoms with van der Waals surface area (Å²) >= 11 is 0. The van der Waals surface area contributed by atoms with Crippen molar-refractivity contribution in [1.29, 1.82) is 0 Å². The third kappa shape index (κ3) is 4.94. The molecule has 2 aliphatic heterocycles. The Morgan fingerprint density at radius 2 is 1.95 bits per heavy atom. The molecule has 0 aromatic heterocycles. The molecule has 0 saturated carbocycles. The predicted molar refractivity (Wildman–Crippen MR) is 79.8 cm³/mol. The lowest BCUT2D eigenvalue weighted by Crippen LogP contribution is -2.51. The van der Waals surface area contributed by atoms with E-state index in [9.17, 15) is 4.79 Å². The maximum atomic E-state index is 12.0. The second-order valence-electron chi connectivity index (χ2n) is 6.98. The van der Waals surface area contributed by atoms with Crippen LogP contribution < -0.4 is 5.32 Å². The molecule has 2 heterocycles. The van der Waals surface area contributed by atoms with Gasteiger partial charge in [0.1, 0.15) is 5.60 Å². The summed E-state index contributed by atoms with van der Waals surface area (Å²) in [6.07, 6.45) is 2.46. The standard InChI is InChI=1S/C15H29N3O2/c1-15(2,3)20-14(19)18-9-7-17(8-10-18)12-13-5-4-6-16-11-13/h13,16H,4-12H2,1-3H3/t13-/m1/s1. The first-order valence-corrected chi connectivity index (χ1v) is 7.85. The van der Waals surface area contributed by atoms with Crippen molar-refractivity contribution < 1.29 is 9.53 Å². The van der Waals surface area contributed by atoms with Gasteiger partial charge < -0.3 is 15.0 Å². The fourth-order valence-electron chi connectivity index (χ4n) is 2.88. The molecule has 0 bridgehead atoms. The maximum Gasteiger partial charge on any atom is 0.410 e. The number of carbonyl (C=O) groups excluding carboxylic acids is 1. The summed E-state index contributed by atoms with van der Waals surface area (Å²) in [5, 5.41) is 3.47. The van der Waals surface area contributed by atoms with Crippen LogP contribution in [0.1, 0.15) is 33.6 Å². The van der Waals surface area contributed by atoms with Crippen LogP contribution in [0.25, 0.3) is 0 Å². The van der Waals surface area contributed by atoms with Gasteiger partial charge >= 0.3 is 6.09 Å². The van der Waals surface area contributed by atoms with Crippen molar-refractivity contribution in [3.63, 3.8) is 0 Å². The van der Waals surface area contributed by atoms with Gasteiger partial charge in [-0.3, -0.25) is 4.90 Å². The molecule has 0 radical (unpaired) electrons. The monoisotopic (exact) mass is 283 g/mol. The van der Waals surface area contributed by atoms with E-state index < -0.39 is 5.60 Å². The third-order valence-corrected chi connectivity index (χ3v) is 3.94. The van der Waals surface area contributed by atoms with Crippen LogP contribution in [-0.4, -0.2) is 67.3 Å². The highest BCUT2D eigenvalue weighted by Crippen LogP contribution is 2.15. The van der Waals surface area contributed by atoms with Gasteiger partial charge in [0.15, 0.2) is 0 Å². The Morgan fingerprint density at radius 3 is 2.50 bits per heavy atom. The summed E-state index contributed by atoms with van der Waals surface area (Å²) in [4.78, 5) is 16.3. The Labute approximate surface area is 122 Å². The lowest BCUT2D eigenvalue weighted by Gasteiger charge is -2.37. The smallest absolute Gasteiger partial charge is 0.410 e. The Balaban J connectivity index is 1.70. The SMILES string of the molecule is CC(C)(C)OC(=O)N1CCN(C[C@@H]2CCCNC2)CC1. The molecule has 0 unspecified atom stereocenters. The predicted octanol–water partition coefficient (Wildman–Crippen LogP) is 1.54. The molecule has 1 amide bonds. The minimum Gasteiger partial charge on any atom is -0.444 e. The highest BCUT2D eigenvalue weighted by Gasteiger charge is 2.27. The second kappa shape index (κ2) is 6.76. The number of amides is 1. The van der Waals surface area contributed by atoms with Crippen molar-refractivity contribution in [1.82, 2.24) is 15.1 Å². The van der Waals surface area contributed by atoms with Crippen molar-refractivity contribution >= 4 is 6.09 Å². The summed E-state index contributed by atoms with van der Waals surface area (Å²) in [7, 11) is 0. The van der Waals surface area contributed by atoms with E-state index in [1.165, 1.54) is 19.4 Å². The molecule has 116 valence electrons. The van der Waals surface area contributed by atoms with E-state index in [0.29, 0.717) is 0 Å². The molecule has 5 heteroatoms. The number of rotatable bonds is 2. The van der Waals surface area contributed by atoms with Gasteiger partial charge in [-0.15, -0.1) is 0 Å². The van der Waals surface area contributed by atoms with Crippen molar-refractivity contribution in [2.45, 2.75) is 39.2 Å².